The number of benzene rings is 2. The molecule has 4 rings (SSSR count). The molecule has 1 N–H and O–H groups in total. The Hall–Kier alpha value is -2.93. The fraction of sp³-hybridized carbons (Fsp3) is 0.238. The van der Waals surface area contributed by atoms with E-state index < -0.39 is 15.7 Å². The lowest BCUT2D eigenvalue weighted by Gasteiger charge is -2.18. The second kappa shape index (κ2) is 6.60. The Morgan fingerprint density at radius 3 is 2.46 bits per heavy atom. The van der Waals surface area contributed by atoms with E-state index in [0.717, 1.165) is 0 Å². The molecule has 1 aromatic heterocycles. The Balaban J connectivity index is 1.73. The Morgan fingerprint density at radius 1 is 1.11 bits per heavy atom. The summed E-state index contributed by atoms with van der Waals surface area (Å²) in [5.41, 5.74) is 3.66. The molecule has 2 aromatic carbocycles. The Bertz CT molecular complexity index is 1180. The highest BCUT2D eigenvalue weighted by molar-refractivity contribution is 7.90. The van der Waals surface area contributed by atoms with E-state index in [2.05, 4.69) is 24.3 Å². The summed E-state index contributed by atoms with van der Waals surface area (Å²) in [5.74, 6) is -0.246. The maximum Gasteiger partial charge on any atom is 0.276 e. The Morgan fingerprint density at radius 2 is 1.79 bits per heavy atom. The number of aryl methyl sites for hydroxylation is 1. The van der Waals surface area contributed by atoms with Crippen molar-refractivity contribution in [3.05, 3.63) is 65.4 Å². The van der Waals surface area contributed by atoms with Crippen molar-refractivity contribution in [2.45, 2.75) is 30.4 Å². The van der Waals surface area contributed by atoms with Gasteiger partial charge in [0, 0.05) is 23.9 Å². The topological polar surface area (TPSA) is 81.1 Å². The molecule has 7 heteroatoms. The van der Waals surface area contributed by atoms with Crippen molar-refractivity contribution in [3.63, 3.8) is 0 Å². The molecule has 0 aliphatic carbocycles. The molecule has 3 aromatic rings. The highest BCUT2D eigenvalue weighted by Crippen LogP contribution is 2.39. The first-order valence-corrected chi connectivity index (χ1v) is 10.7. The number of carbonyl (C=O) groups is 1. The van der Waals surface area contributed by atoms with Crippen molar-refractivity contribution in [3.8, 4) is 11.3 Å². The first-order chi connectivity index (χ1) is 13.3. The van der Waals surface area contributed by atoms with Crippen LogP contribution >= 0.6 is 0 Å². The van der Waals surface area contributed by atoms with Crippen LogP contribution in [-0.2, 0) is 22.6 Å². The molecule has 1 amide bonds. The van der Waals surface area contributed by atoms with Crippen LogP contribution in [0, 0.1) is 0 Å². The number of amides is 1. The predicted octanol–water partition coefficient (Wildman–Crippen LogP) is 3.75. The molecule has 0 bridgehead atoms. The molecule has 0 atom stereocenters. The van der Waals surface area contributed by atoms with Crippen LogP contribution in [0.3, 0.4) is 0 Å². The van der Waals surface area contributed by atoms with Gasteiger partial charge in [-0.25, -0.2) is 8.42 Å². The van der Waals surface area contributed by atoms with Crippen molar-refractivity contribution < 1.29 is 13.2 Å². The summed E-state index contributed by atoms with van der Waals surface area (Å²) >= 11 is 0. The molecule has 0 saturated heterocycles. The number of sulfone groups is 1. The van der Waals surface area contributed by atoms with E-state index >= 15 is 0 Å². The number of anilines is 1. The summed E-state index contributed by atoms with van der Waals surface area (Å²) in [6, 6.07) is 14.4. The number of nitrogens with one attached hydrogen (secondary N) is 1. The molecule has 28 heavy (non-hydrogen) atoms. The van der Waals surface area contributed by atoms with Gasteiger partial charge in [0.15, 0.2) is 15.5 Å². The Kier molecular flexibility index (Phi) is 4.34. The third kappa shape index (κ3) is 3.01. The SMILES string of the molecule is CC(C)c1ccc(NC(=O)c2nn(C)c3c2CS(=O)(=O)c2ccccc2-3)cc1. The van der Waals surface area contributed by atoms with Crippen molar-refractivity contribution >= 4 is 21.4 Å². The first-order valence-electron chi connectivity index (χ1n) is 9.07. The van der Waals surface area contributed by atoms with Crippen molar-refractivity contribution in [2.24, 2.45) is 7.05 Å². The third-order valence-electron chi connectivity index (χ3n) is 5.01. The van der Waals surface area contributed by atoms with Crippen molar-refractivity contribution in [1.29, 1.82) is 0 Å². The molecule has 2 heterocycles. The maximum atomic E-state index is 12.9. The van der Waals surface area contributed by atoms with Crippen LogP contribution in [0.5, 0.6) is 0 Å². The minimum Gasteiger partial charge on any atom is -0.321 e. The van der Waals surface area contributed by atoms with Gasteiger partial charge in [0.25, 0.3) is 5.91 Å². The molecular weight excluding hydrogens is 374 g/mol. The van der Waals surface area contributed by atoms with Crippen LogP contribution in [0.4, 0.5) is 5.69 Å². The normalized spacial score (nSPS) is 14.4. The van der Waals surface area contributed by atoms with E-state index in [-0.39, 0.29) is 16.3 Å². The summed E-state index contributed by atoms with van der Waals surface area (Å²) in [5, 5.41) is 7.17. The number of carbonyl (C=O) groups excluding carboxylic acids is 1. The van der Waals surface area contributed by atoms with E-state index in [0.29, 0.717) is 28.4 Å². The van der Waals surface area contributed by atoms with Gasteiger partial charge in [-0.2, -0.15) is 5.10 Å². The van der Waals surface area contributed by atoms with Gasteiger partial charge in [0.2, 0.25) is 0 Å². The molecule has 0 unspecified atom stereocenters. The smallest absolute Gasteiger partial charge is 0.276 e. The van der Waals surface area contributed by atoms with E-state index in [1.165, 1.54) is 5.56 Å². The zero-order valence-electron chi connectivity index (χ0n) is 15.9. The van der Waals surface area contributed by atoms with Crippen LogP contribution in [0.2, 0.25) is 0 Å². The summed E-state index contributed by atoms with van der Waals surface area (Å²) in [4.78, 5) is 13.1. The number of rotatable bonds is 3. The number of aromatic nitrogens is 2. The van der Waals surface area contributed by atoms with Crippen LogP contribution in [-0.4, -0.2) is 24.1 Å². The summed E-state index contributed by atoms with van der Waals surface area (Å²) in [7, 11) is -1.80. The Labute approximate surface area is 164 Å². The van der Waals surface area contributed by atoms with Gasteiger partial charge < -0.3 is 5.32 Å². The fourth-order valence-corrected chi connectivity index (χ4v) is 5.16. The molecule has 0 radical (unpaired) electrons. The first kappa shape index (κ1) is 18.4. The lowest BCUT2D eigenvalue weighted by molar-refractivity contribution is 0.102. The van der Waals surface area contributed by atoms with Crippen LogP contribution in [0.1, 0.15) is 41.4 Å². The van der Waals surface area contributed by atoms with Crippen molar-refractivity contribution in [2.75, 3.05) is 5.32 Å². The van der Waals surface area contributed by atoms with Gasteiger partial charge in [0.05, 0.1) is 16.3 Å². The lowest BCUT2D eigenvalue weighted by Crippen LogP contribution is -2.18. The monoisotopic (exact) mass is 395 g/mol. The number of hydrogen-bond acceptors (Lipinski definition) is 4. The van der Waals surface area contributed by atoms with Crippen molar-refractivity contribution in [1.82, 2.24) is 9.78 Å². The summed E-state index contributed by atoms with van der Waals surface area (Å²) < 4.78 is 27.0. The van der Waals surface area contributed by atoms with Gasteiger partial charge in [-0.1, -0.05) is 44.2 Å². The maximum absolute atomic E-state index is 12.9. The largest absolute Gasteiger partial charge is 0.321 e. The summed E-state index contributed by atoms with van der Waals surface area (Å²) in [6.07, 6.45) is 0. The average Bonchev–Trinajstić information content (AvgIpc) is 2.98. The molecule has 1 aliphatic rings. The predicted molar refractivity (Wildman–Crippen MR) is 108 cm³/mol. The zero-order chi connectivity index (χ0) is 20.1. The second-order valence-corrected chi connectivity index (χ2v) is 9.24. The minimum absolute atomic E-state index is 0.142. The van der Waals surface area contributed by atoms with Gasteiger partial charge in [0.1, 0.15) is 0 Å². The molecule has 1 aliphatic heterocycles. The fourth-order valence-electron chi connectivity index (χ4n) is 3.57. The van der Waals surface area contributed by atoms with E-state index in [1.54, 1.807) is 36.0 Å². The molecule has 0 spiro atoms. The van der Waals surface area contributed by atoms with Gasteiger partial charge in [-0.15, -0.1) is 0 Å². The van der Waals surface area contributed by atoms with Crippen LogP contribution < -0.4 is 5.32 Å². The number of fused-ring (bicyclic) bond motifs is 3. The van der Waals surface area contributed by atoms with E-state index in [9.17, 15) is 13.2 Å². The zero-order valence-corrected chi connectivity index (χ0v) is 16.7. The average molecular weight is 395 g/mol. The molecule has 6 nitrogen and oxygen atoms in total. The van der Waals surface area contributed by atoms with Gasteiger partial charge in [-0.3, -0.25) is 9.48 Å². The van der Waals surface area contributed by atoms with Crippen LogP contribution in [0.15, 0.2) is 53.4 Å². The van der Waals surface area contributed by atoms with E-state index in [1.807, 2.05) is 24.3 Å². The lowest BCUT2D eigenvalue weighted by atomic mass is 10.0. The highest BCUT2D eigenvalue weighted by Gasteiger charge is 2.34. The highest BCUT2D eigenvalue weighted by atomic mass is 32.2. The second-order valence-electron chi connectivity index (χ2n) is 7.29. The molecular formula is C21H21N3O3S. The third-order valence-corrected chi connectivity index (χ3v) is 6.70. The van der Waals surface area contributed by atoms with E-state index in [4.69, 9.17) is 0 Å². The van der Waals surface area contributed by atoms with Gasteiger partial charge >= 0.3 is 0 Å². The summed E-state index contributed by atoms with van der Waals surface area (Å²) in [6.45, 7) is 4.21. The number of nitrogens with zero attached hydrogens (tertiary/aromatic N) is 2. The van der Waals surface area contributed by atoms with Gasteiger partial charge in [-0.05, 0) is 29.7 Å². The standard InChI is InChI=1S/C21H21N3O3S/c1-13(2)14-8-10-15(11-9-14)22-21(25)19-17-12-28(26,27)18-7-5-4-6-16(18)20(17)24(3)23-19/h4-11,13H,12H2,1-3H3,(H,22,25). The number of hydrogen-bond donors (Lipinski definition) is 1. The minimum atomic E-state index is -3.52. The van der Waals surface area contributed by atoms with Crippen LogP contribution in [0.25, 0.3) is 11.3 Å². The molecule has 0 fully saturated rings. The molecule has 0 saturated carbocycles. The molecule has 144 valence electrons. The quantitative estimate of drug-likeness (QED) is 0.732.